The highest BCUT2D eigenvalue weighted by Crippen LogP contribution is 2.32. The number of hydrogen-bond donors (Lipinski definition) is 1. The van der Waals surface area contributed by atoms with Gasteiger partial charge in [-0.05, 0) is 52.9 Å². The van der Waals surface area contributed by atoms with E-state index in [2.05, 4.69) is 0 Å². The van der Waals surface area contributed by atoms with Gasteiger partial charge in [-0.3, -0.25) is 0 Å². The molecule has 0 aromatic heterocycles. The summed E-state index contributed by atoms with van der Waals surface area (Å²) in [5.41, 5.74) is 0.350. The SMILES string of the molecule is CC(C)(C)OC(=O)N1[C@H]2CCC[C@@H]1CC(=N)CC2. The molecule has 0 aromatic carbocycles. The van der Waals surface area contributed by atoms with Crippen molar-refractivity contribution >= 4 is 11.8 Å². The molecule has 0 spiro atoms. The van der Waals surface area contributed by atoms with Gasteiger partial charge in [0.05, 0.1) is 0 Å². The van der Waals surface area contributed by atoms with Crippen molar-refractivity contribution in [2.45, 2.75) is 77.0 Å². The second-order valence-electron chi connectivity index (χ2n) is 6.47. The van der Waals surface area contributed by atoms with Crippen LogP contribution in [0.4, 0.5) is 4.79 Å². The third-order valence-corrected chi connectivity index (χ3v) is 3.73. The van der Waals surface area contributed by atoms with Gasteiger partial charge in [0.15, 0.2) is 0 Å². The van der Waals surface area contributed by atoms with E-state index < -0.39 is 5.60 Å². The number of hydrogen-bond acceptors (Lipinski definition) is 3. The highest BCUT2D eigenvalue weighted by atomic mass is 16.6. The van der Waals surface area contributed by atoms with Crippen molar-refractivity contribution in [3.8, 4) is 0 Å². The lowest BCUT2D eigenvalue weighted by molar-refractivity contribution is -0.00371. The van der Waals surface area contributed by atoms with Gasteiger partial charge in [0.25, 0.3) is 0 Å². The number of carbonyl (C=O) groups is 1. The maximum absolute atomic E-state index is 12.3. The molecule has 1 amide bonds. The molecule has 0 aromatic rings. The van der Waals surface area contributed by atoms with E-state index in [-0.39, 0.29) is 18.2 Å². The number of fused-ring (bicyclic) bond motifs is 2. The fourth-order valence-corrected chi connectivity index (χ4v) is 2.99. The predicted molar refractivity (Wildman–Crippen MR) is 71.1 cm³/mol. The Labute approximate surface area is 109 Å². The molecule has 18 heavy (non-hydrogen) atoms. The van der Waals surface area contributed by atoms with Crippen molar-refractivity contribution in [3.63, 3.8) is 0 Å². The number of nitrogens with zero attached hydrogens (tertiary/aromatic N) is 1. The van der Waals surface area contributed by atoms with Gasteiger partial charge >= 0.3 is 6.09 Å². The quantitative estimate of drug-likeness (QED) is 0.718. The number of amides is 1. The van der Waals surface area contributed by atoms with Gasteiger partial charge in [-0.1, -0.05) is 0 Å². The van der Waals surface area contributed by atoms with Crippen LogP contribution in [0.25, 0.3) is 0 Å². The topological polar surface area (TPSA) is 53.4 Å². The standard InChI is InChI=1S/C14H24N2O2/c1-14(2,3)18-13(17)16-11-5-4-6-12(16)9-10(15)7-8-11/h11-12,15H,4-9H2,1-3H3/t11-,12+/m0/s1. The van der Waals surface area contributed by atoms with Gasteiger partial charge in [-0.25, -0.2) is 4.79 Å². The molecule has 2 aliphatic rings. The summed E-state index contributed by atoms with van der Waals surface area (Å²) < 4.78 is 5.52. The van der Waals surface area contributed by atoms with Crippen LogP contribution in [0, 0.1) is 5.41 Å². The molecule has 102 valence electrons. The monoisotopic (exact) mass is 252 g/mol. The Morgan fingerprint density at radius 2 is 1.94 bits per heavy atom. The number of piperidine rings is 1. The third kappa shape index (κ3) is 3.03. The van der Waals surface area contributed by atoms with Crippen molar-refractivity contribution in [1.29, 1.82) is 5.41 Å². The fourth-order valence-electron chi connectivity index (χ4n) is 2.99. The molecule has 0 saturated carbocycles. The molecule has 2 atom stereocenters. The van der Waals surface area contributed by atoms with Crippen LogP contribution in [-0.4, -0.2) is 34.4 Å². The Hall–Kier alpha value is -1.06. The van der Waals surface area contributed by atoms with Gasteiger partial charge < -0.3 is 15.0 Å². The van der Waals surface area contributed by atoms with E-state index >= 15 is 0 Å². The van der Waals surface area contributed by atoms with E-state index in [1.54, 1.807) is 0 Å². The molecule has 2 aliphatic heterocycles. The predicted octanol–water partition coefficient (Wildman–Crippen LogP) is 3.35. The first kappa shape index (κ1) is 13.4. The molecule has 2 heterocycles. The Bertz CT molecular complexity index is 346. The molecule has 0 radical (unpaired) electrons. The van der Waals surface area contributed by atoms with Crippen molar-refractivity contribution in [2.75, 3.05) is 0 Å². The second-order valence-corrected chi connectivity index (χ2v) is 6.47. The van der Waals surface area contributed by atoms with Crippen molar-refractivity contribution in [2.24, 2.45) is 0 Å². The van der Waals surface area contributed by atoms with Crippen LogP contribution in [0.2, 0.25) is 0 Å². The summed E-state index contributed by atoms with van der Waals surface area (Å²) in [5, 5.41) is 7.91. The summed E-state index contributed by atoms with van der Waals surface area (Å²) in [6, 6.07) is 0.468. The van der Waals surface area contributed by atoms with E-state index in [0.717, 1.165) is 37.8 Å². The fraction of sp³-hybridized carbons (Fsp3) is 0.857. The van der Waals surface area contributed by atoms with E-state index in [1.807, 2.05) is 25.7 Å². The highest BCUT2D eigenvalue weighted by molar-refractivity contribution is 5.83. The summed E-state index contributed by atoms with van der Waals surface area (Å²) in [6.07, 6.45) is 5.54. The normalized spacial score (nSPS) is 28.8. The molecule has 0 unspecified atom stereocenters. The third-order valence-electron chi connectivity index (χ3n) is 3.73. The largest absolute Gasteiger partial charge is 0.444 e. The smallest absolute Gasteiger partial charge is 0.410 e. The first-order chi connectivity index (χ1) is 8.37. The van der Waals surface area contributed by atoms with Gasteiger partial charge in [0.2, 0.25) is 0 Å². The minimum absolute atomic E-state index is 0.188. The van der Waals surface area contributed by atoms with Crippen LogP contribution in [0.5, 0.6) is 0 Å². The van der Waals surface area contributed by atoms with Crippen LogP contribution < -0.4 is 0 Å². The van der Waals surface area contributed by atoms with Crippen LogP contribution in [0.3, 0.4) is 0 Å². The molecule has 4 heteroatoms. The summed E-state index contributed by atoms with van der Waals surface area (Å²) in [7, 11) is 0. The van der Waals surface area contributed by atoms with Crippen LogP contribution in [0.15, 0.2) is 0 Å². The number of nitrogens with one attached hydrogen (secondary N) is 1. The Morgan fingerprint density at radius 3 is 2.61 bits per heavy atom. The minimum Gasteiger partial charge on any atom is -0.444 e. The van der Waals surface area contributed by atoms with Gasteiger partial charge in [-0.2, -0.15) is 0 Å². The molecular weight excluding hydrogens is 228 g/mol. The summed E-state index contributed by atoms with van der Waals surface area (Å²) in [6.45, 7) is 5.71. The Morgan fingerprint density at radius 1 is 1.28 bits per heavy atom. The van der Waals surface area contributed by atoms with Gasteiger partial charge in [0, 0.05) is 24.2 Å². The van der Waals surface area contributed by atoms with E-state index in [4.69, 9.17) is 10.1 Å². The van der Waals surface area contributed by atoms with Crippen LogP contribution in [0.1, 0.15) is 59.3 Å². The molecule has 2 bridgehead atoms. The minimum atomic E-state index is -0.439. The van der Waals surface area contributed by atoms with Crippen molar-refractivity contribution in [3.05, 3.63) is 0 Å². The molecule has 2 fully saturated rings. The lowest BCUT2D eigenvalue weighted by Crippen LogP contribution is -2.50. The maximum Gasteiger partial charge on any atom is 0.410 e. The summed E-state index contributed by atoms with van der Waals surface area (Å²) in [5.74, 6) is 0. The highest BCUT2D eigenvalue weighted by Gasteiger charge is 2.38. The lowest BCUT2D eigenvalue weighted by Gasteiger charge is -2.40. The van der Waals surface area contributed by atoms with Gasteiger partial charge in [0.1, 0.15) is 5.60 Å². The van der Waals surface area contributed by atoms with Crippen molar-refractivity contribution in [1.82, 2.24) is 4.90 Å². The summed E-state index contributed by atoms with van der Waals surface area (Å²) >= 11 is 0. The first-order valence-electron chi connectivity index (χ1n) is 6.94. The van der Waals surface area contributed by atoms with Crippen LogP contribution in [-0.2, 0) is 4.74 Å². The Balaban J connectivity index is 2.14. The van der Waals surface area contributed by atoms with Crippen LogP contribution >= 0.6 is 0 Å². The van der Waals surface area contributed by atoms with E-state index in [0.29, 0.717) is 0 Å². The maximum atomic E-state index is 12.3. The first-order valence-corrected chi connectivity index (χ1v) is 6.94. The molecule has 2 saturated heterocycles. The zero-order valence-electron chi connectivity index (χ0n) is 11.7. The molecule has 4 nitrogen and oxygen atoms in total. The summed E-state index contributed by atoms with van der Waals surface area (Å²) in [4.78, 5) is 14.2. The lowest BCUT2D eigenvalue weighted by atomic mass is 9.95. The average molecular weight is 252 g/mol. The number of ether oxygens (including phenoxy) is 1. The number of rotatable bonds is 0. The number of carbonyl (C=O) groups excluding carboxylic acids is 1. The van der Waals surface area contributed by atoms with E-state index in [1.165, 1.54) is 6.42 Å². The molecule has 2 rings (SSSR count). The zero-order chi connectivity index (χ0) is 13.3. The zero-order valence-corrected chi connectivity index (χ0v) is 11.7. The second kappa shape index (κ2) is 4.90. The van der Waals surface area contributed by atoms with Gasteiger partial charge in [-0.15, -0.1) is 0 Å². The van der Waals surface area contributed by atoms with E-state index in [9.17, 15) is 4.79 Å². The Kier molecular flexibility index (Phi) is 3.64. The molecular formula is C14H24N2O2. The average Bonchev–Trinajstić information content (AvgIpc) is 2.31. The molecule has 1 N–H and O–H groups in total. The van der Waals surface area contributed by atoms with Crippen molar-refractivity contribution < 1.29 is 9.53 Å². The molecule has 0 aliphatic carbocycles.